The minimum Gasteiger partial charge on any atom is -0.370 e. The van der Waals surface area contributed by atoms with Gasteiger partial charge in [0, 0.05) is 0 Å². The fraction of sp³-hybridized carbons (Fsp3) is 0.200. The van der Waals surface area contributed by atoms with Gasteiger partial charge in [-0.2, -0.15) is 0 Å². The molecule has 0 saturated carbocycles. The molecule has 0 aliphatic heterocycles. The Kier molecular flexibility index (Phi) is 2.60. The number of fused-ring (bicyclic) bond motifs is 1. The topological polar surface area (TPSA) is 60.9 Å². The molecule has 0 saturated heterocycles. The van der Waals surface area contributed by atoms with E-state index in [2.05, 4.69) is 4.98 Å². The SMILES string of the molecule is NC(=O)CC(Cl)n1cnc2ccccc21. The maximum Gasteiger partial charge on any atom is 0.220 e. The first-order chi connectivity index (χ1) is 7.18. The zero-order valence-corrected chi connectivity index (χ0v) is 8.69. The predicted molar refractivity (Wildman–Crippen MR) is 58.4 cm³/mol. The fourth-order valence-electron chi connectivity index (χ4n) is 1.47. The second-order valence-electron chi connectivity index (χ2n) is 3.25. The zero-order chi connectivity index (χ0) is 10.8. The first kappa shape index (κ1) is 9.98. The Hall–Kier alpha value is -1.55. The Morgan fingerprint density at radius 2 is 2.27 bits per heavy atom. The van der Waals surface area contributed by atoms with E-state index in [4.69, 9.17) is 17.3 Å². The largest absolute Gasteiger partial charge is 0.370 e. The molecule has 0 fully saturated rings. The van der Waals surface area contributed by atoms with E-state index in [1.165, 1.54) is 0 Å². The van der Waals surface area contributed by atoms with Crippen molar-refractivity contribution in [2.24, 2.45) is 5.73 Å². The molecule has 1 heterocycles. The summed E-state index contributed by atoms with van der Waals surface area (Å²) in [6, 6.07) is 7.59. The van der Waals surface area contributed by atoms with Gasteiger partial charge in [-0.05, 0) is 12.1 Å². The molecule has 1 atom stereocenters. The fourth-order valence-corrected chi connectivity index (χ4v) is 1.77. The number of hydrogen-bond acceptors (Lipinski definition) is 2. The highest BCUT2D eigenvalue weighted by atomic mass is 35.5. The number of nitrogens with zero attached hydrogens (tertiary/aromatic N) is 2. The molecule has 1 amide bonds. The number of halogens is 1. The average Bonchev–Trinajstić information content (AvgIpc) is 2.59. The van der Waals surface area contributed by atoms with Crippen molar-refractivity contribution in [3.8, 4) is 0 Å². The minimum atomic E-state index is -0.477. The molecule has 78 valence electrons. The van der Waals surface area contributed by atoms with E-state index < -0.39 is 11.4 Å². The molecule has 2 N–H and O–H groups in total. The average molecular weight is 224 g/mol. The lowest BCUT2D eigenvalue weighted by molar-refractivity contribution is -0.118. The molecule has 1 unspecified atom stereocenters. The quantitative estimate of drug-likeness (QED) is 0.805. The van der Waals surface area contributed by atoms with Crippen LogP contribution in [0.3, 0.4) is 0 Å². The standard InChI is InChI=1S/C10H10ClN3O/c11-9(5-10(12)15)14-6-13-7-3-1-2-4-8(7)14/h1-4,6,9H,5H2,(H2,12,15). The summed E-state index contributed by atoms with van der Waals surface area (Å²) in [5, 5.41) is 0. The number of amides is 1. The number of imidazole rings is 1. The Labute approximate surface area is 91.7 Å². The molecular formula is C10H10ClN3O. The van der Waals surface area contributed by atoms with Crippen molar-refractivity contribution in [1.82, 2.24) is 9.55 Å². The molecular weight excluding hydrogens is 214 g/mol. The van der Waals surface area contributed by atoms with Crippen LogP contribution >= 0.6 is 11.6 Å². The molecule has 0 aliphatic rings. The van der Waals surface area contributed by atoms with Crippen molar-refractivity contribution >= 4 is 28.5 Å². The third-order valence-corrected chi connectivity index (χ3v) is 2.52. The number of para-hydroxylation sites is 2. The van der Waals surface area contributed by atoms with Crippen molar-refractivity contribution in [2.75, 3.05) is 0 Å². The molecule has 0 bridgehead atoms. The van der Waals surface area contributed by atoms with Gasteiger partial charge >= 0.3 is 0 Å². The van der Waals surface area contributed by atoms with E-state index >= 15 is 0 Å². The third-order valence-electron chi connectivity index (χ3n) is 2.15. The van der Waals surface area contributed by atoms with Gasteiger partial charge in [-0.25, -0.2) is 4.98 Å². The number of hydrogen-bond donors (Lipinski definition) is 1. The van der Waals surface area contributed by atoms with Crippen molar-refractivity contribution < 1.29 is 4.79 Å². The van der Waals surface area contributed by atoms with Crippen LogP contribution in [0.1, 0.15) is 11.9 Å². The number of carbonyl (C=O) groups is 1. The summed E-state index contributed by atoms with van der Waals surface area (Å²) in [6.45, 7) is 0. The van der Waals surface area contributed by atoms with Crippen molar-refractivity contribution in [3.63, 3.8) is 0 Å². The van der Waals surface area contributed by atoms with E-state index in [-0.39, 0.29) is 6.42 Å². The lowest BCUT2D eigenvalue weighted by Gasteiger charge is -2.09. The second kappa shape index (κ2) is 3.90. The van der Waals surface area contributed by atoms with Gasteiger partial charge in [0.05, 0.1) is 23.8 Å². The highest BCUT2D eigenvalue weighted by Crippen LogP contribution is 2.22. The van der Waals surface area contributed by atoms with E-state index in [9.17, 15) is 4.79 Å². The number of carbonyl (C=O) groups excluding carboxylic acids is 1. The molecule has 2 aromatic rings. The maximum atomic E-state index is 10.7. The van der Waals surface area contributed by atoms with Crippen LogP contribution in [0.2, 0.25) is 0 Å². The van der Waals surface area contributed by atoms with Crippen LogP contribution in [0.5, 0.6) is 0 Å². The molecule has 4 nitrogen and oxygen atoms in total. The number of nitrogens with two attached hydrogens (primary N) is 1. The van der Waals surface area contributed by atoms with Crippen molar-refractivity contribution in [2.45, 2.75) is 11.9 Å². The lowest BCUT2D eigenvalue weighted by Crippen LogP contribution is -2.15. The maximum absolute atomic E-state index is 10.7. The van der Waals surface area contributed by atoms with Crippen LogP contribution in [-0.2, 0) is 4.79 Å². The first-order valence-corrected chi connectivity index (χ1v) is 4.96. The molecule has 1 aromatic heterocycles. The van der Waals surface area contributed by atoms with Crippen LogP contribution in [0.15, 0.2) is 30.6 Å². The van der Waals surface area contributed by atoms with Gasteiger partial charge in [0.25, 0.3) is 0 Å². The highest BCUT2D eigenvalue weighted by Gasteiger charge is 2.12. The van der Waals surface area contributed by atoms with Crippen LogP contribution in [0.25, 0.3) is 11.0 Å². The summed E-state index contributed by atoms with van der Waals surface area (Å²) in [6.07, 6.45) is 1.72. The van der Waals surface area contributed by atoms with Crippen molar-refractivity contribution in [3.05, 3.63) is 30.6 Å². The third kappa shape index (κ3) is 1.94. The molecule has 2 rings (SSSR count). The van der Waals surface area contributed by atoms with Gasteiger partial charge in [-0.1, -0.05) is 23.7 Å². The van der Waals surface area contributed by atoms with Crippen molar-refractivity contribution in [1.29, 1.82) is 0 Å². The van der Waals surface area contributed by atoms with E-state index in [0.29, 0.717) is 0 Å². The van der Waals surface area contributed by atoms with E-state index in [1.807, 2.05) is 24.3 Å². The Morgan fingerprint density at radius 3 is 3.00 bits per heavy atom. The van der Waals surface area contributed by atoms with E-state index in [1.54, 1.807) is 10.9 Å². The molecule has 15 heavy (non-hydrogen) atoms. The zero-order valence-electron chi connectivity index (χ0n) is 7.93. The molecule has 0 radical (unpaired) electrons. The second-order valence-corrected chi connectivity index (χ2v) is 3.75. The number of primary amides is 1. The summed E-state index contributed by atoms with van der Waals surface area (Å²) in [4.78, 5) is 14.9. The smallest absolute Gasteiger partial charge is 0.220 e. The summed E-state index contributed by atoms with van der Waals surface area (Å²) >= 11 is 6.04. The molecule has 1 aromatic carbocycles. The number of alkyl halides is 1. The van der Waals surface area contributed by atoms with E-state index in [0.717, 1.165) is 11.0 Å². The summed E-state index contributed by atoms with van der Waals surface area (Å²) < 4.78 is 1.74. The number of aromatic nitrogens is 2. The van der Waals surface area contributed by atoms with Crippen LogP contribution < -0.4 is 5.73 Å². The summed E-state index contributed by atoms with van der Waals surface area (Å²) in [5.74, 6) is -0.423. The van der Waals surface area contributed by atoms with Crippen LogP contribution in [-0.4, -0.2) is 15.5 Å². The van der Waals surface area contributed by atoms with Gasteiger partial charge in [-0.3, -0.25) is 4.79 Å². The van der Waals surface area contributed by atoms with Crippen LogP contribution in [0.4, 0.5) is 0 Å². The van der Waals surface area contributed by atoms with Gasteiger partial charge in [0.15, 0.2) is 0 Å². The predicted octanol–water partition coefficient (Wildman–Crippen LogP) is 1.65. The van der Waals surface area contributed by atoms with Gasteiger partial charge in [-0.15, -0.1) is 0 Å². The Bertz CT molecular complexity index is 494. The minimum absolute atomic E-state index is 0.0991. The van der Waals surface area contributed by atoms with Gasteiger partial charge in [0.1, 0.15) is 5.50 Å². The Balaban J connectivity index is 2.39. The number of benzene rings is 1. The first-order valence-electron chi connectivity index (χ1n) is 4.52. The summed E-state index contributed by atoms with van der Waals surface area (Å²) in [7, 11) is 0. The van der Waals surface area contributed by atoms with Gasteiger partial charge < -0.3 is 10.3 Å². The molecule has 5 heteroatoms. The van der Waals surface area contributed by atoms with Crippen LogP contribution in [0, 0.1) is 0 Å². The molecule has 0 spiro atoms. The van der Waals surface area contributed by atoms with Gasteiger partial charge in [0.2, 0.25) is 5.91 Å². The lowest BCUT2D eigenvalue weighted by atomic mass is 10.3. The molecule has 0 aliphatic carbocycles. The normalized spacial score (nSPS) is 12.9. The number of rotatable bonds is 3. The monoisotopic (exact) mass is 223 g/mol. The highest BCUT2D eigenvalue weighted by molar-refractivity contribution is 6.20. The Morgan fingerprint density at radius 1 is 1.53 bits per heavy atom. The summed E-state index contributed by atoms with van der Waals surface area (Å²) in [5.41, 5.74) is 6.37.